The summed E-state index contributed by atoms with van der Waals surface area (Å²) in [5.41, 5.74) is 3.52. The number of barbiturate groups is 1. The van der Waals surface area contributed by atoms with E-state index in [-0.39, 0.29) is 19.0 Å². The van der Waals surface area contributed by atoms with E-state index >= 15 is 0 Å². The number of hydrogen-bond donors (Lipinski definition) is 1. The molecule has 3 aliphatic rings. The minimum Gasteiger partial charge on any atom is -0.352 e. The summed E-state index contributed by atoms with van der Waals surface area (Å²) in [5, 5.41) is 3.53. The molecule has 1 N–H and O–H groups in total. The lowest BCUT2D eigenvalue weighted by Crippen LogP contribution is -2.72. The Labute approximate surface area is 204 Å². The number of aromatic nitrogens is 1. The summed E-state index contributed by atoms with van der Waals surface area (Å²) in [6.07, 6.45) is 2.85. The molecule has 2 saturated heterocycles. The topological polar surface area (TPSA) is 82.6 Å². The van der Waals surface area contributed by atoms with Crippen LogP contribution in [0, 0.1) is 19.3 Å². The largest absolute Gasteiger partial charge is 0.352 e. The fourth-order valence-electron chi connectivity index (χ4n) is 6.00. The van der Waals surface area contributed by atoms with Crippen LogP contribution < -0.4 is 10.2 Å². The molecular formula is C28H28N4O3. The number of rotatable bonds is 2. The quantitative estimate of drug-likeness (QED) is 0.574. The summed E-state index contributed by atoms with van der Waals surface area (Å²) in [4.78, 5) is 49.0. The molecule has 3 aromatic rings. The highest BCUT2D eigenvalue weighted by Crippen LogP contribution is 2.47. The molecule has 2 fully saturated rings. The van der Waals surface area contributed by atoms with Gasteiger partial charge in [0.2, 0.25) is 11.8 Å². The van der Waals surface area contributed by atoms with Gasteiger partial charge in [-0.1, -0.05) is 41.5 Å². The lowest BCUT2D eigenvalue weighted by atomic mass is 9.66. The van der Waals surface area contributed by atoms with Gasteiger partial charge in [0.15, 0.2) is 5.41 Å². The number of urea groups is 1. The molecular weight excluding hydrogens is 440 g/mol. The fraction of sp³-hybridized carbons (Fsp3) is 0.357. The first-order valence-electron chi connectivity index (χ1n) is 12.3. The first-order valence-corrected chi connectivity index (χ1v) is 12.3. The van der Waals surface area contributed by atoms with Gasteiger partial charge in [0.25, 0.3) is 0 Å². The van der Waals surface area contributed by atoms with Crippen LogP contribution in [-0.2, 0) is 22.6 Å². The van der Waals surface area contributed by atoms with E-state index in [0.29, 0.717) is 6.42 Å². The smallest absolute Gasteiger partial charge is 0.331 e. The zero-order valence-electron chi connectivity index (χ0n) is 20.0. The minimum absolute atomic E-state index is 0.134. The predicted molar refractivity (Wildman–Crippen MR) is 133 cm³/mol. The van der Waals surface area contributed by atoms with Crippen LogP contribution in [0.5, 0.6) is 0 Å². The number of fused-ring (bicyclic) bond motifs is 5. The highest BCUT2D eigenvalue weighted by Gasteiger charge is 2.62. The molecule has 2 atom stereocenters. The van der Waals surface area contributed by atoms with E-state index in [1.807, 2.05) is 50.2 Å². The van der Waals surface area contributed by atoms with Crippen LogP contribution in [0.1, 0.15) is 41.5 Å². The predicted octanol–water partition coefficient (Wildman–Crippen LogP) is 4.03. The van der Waals surface area contributed by atoms with Gasteiger partial charge in [0.05, 0.1) is 18.1 Å². The number of hydrogen-bond acceptors (Lipinski definition) is 5. The van der Waals surface area contributed by atoms with Crippen molar-refractivity contribution in [3.05, 3.63) is 70.8 Å². The number of piperidine rings is 1. The maximum absolute atomic E-state index is 14.2. The van der Waals surface area contributed by atoms with Crippen LogP contribution in [0.15, 0.2) is 48.5 Å². The molecule has 0 saturated carbocycles. The third-order valence-corrected chi connectivity index (χ3v) is 7.80. The first kappa shape index (κ1) is 21.8. The van der Waals surface area contributed by atoms with Gasteiger partial charge in [-0.3, -0.25) is 19.8 Å². The van der Waals surface area contributed by atoms with Crippen LogP contribution in [0.2, 0.25) is 0 Å². The minimum atomic E-state index is -1.36. The number of nitrogens with one attached hydrogen (secondary N) is 1. The van der Waals surface area contributed by atoms with Crippen molar-refractivity contribution in [2.24, 2.45) is 5.41 Å². The molecule has 0 bridgehead atoms. The number of aryl methyl sites for hydroxylation is 2. The number of carbonyl (C=O) groups is 3. The third-order valence-electron chi connectivity index (χ3n) is 7.80. The Morgan fingerprint density at radius 3 is 2.57 bits per heavy atom. The Bertz CT molecular complexity index is 1380. The summed E-state index contributed by atoms with van der Waals surface area (Å²) in [5.74, 6) is -0.0301. The molecule has 0 unspecified atom stereocenters. The molecule has 7 nitrogen and oxygen atoms in total. The number of amides is 4. The maximum atomic E-state index is 14.2. The van der Waals surface area contributed by atoms with Gasteiger partial charge in [-0.15, -0.1) is 0 Å². The van der Waals surface area contributed by atoms with Crippen molar-refractivity contribution in [2.45, 2.75) is 52.1 Å². The zero-order valence-corrected chi connectivity index (χ0v) is 20.0. The van der Waals surface area contributed by atoms with E-state index in [1.54, 1.807) is 0 Å². The molecule has 2 aromatic carbocycles. The summed E-state index contributed by atoms with van der Waals surface area (Å²) >= 11 is 0. The molecule has 3 aliphatic heterocycles. The molecule has 1 spiro atoms. The van der Waals surface area contributed by atoms with Crippen molar-refractivity contribution >= 4 is 34.6 Å². The van der Waals surface area contributed by atoms with Gasteiger partial charge in [0, 0.05) is 18.4 Å². The molecule has 4 amide bonds. The van der Waals surface area contributed by atoms with E-state index in [4.69, 9.17) is 4.98 Å². The Morgan fingerprint density at radius 2 is 1.77 bits per heavy atom. The molecule has 6 rings (SSSR count). The molecule has 4 heterocycles. The van der Waals surface area contributed by atoms with E-state index in [0.717, 1.165) is 58.4 Å². The van der Waals surface area contributed by atoms with Crippen molar-refractivity contribution in [3.8, 4) is 0 Å². The number of nitrogens with zero attached hydrogens (tertiary/aromatic N) is 3. The second-order valence-electron chi connectivity index (χ2n) is 10.2. The number of carbonyl (C=O) groups excluding carboxylic acids is 3. The Kier molecular flexibility index (Phi) is 4.91. The van der Waals surface area contributed by atoms with Crippen LogP contribution in [0.25, 0.3) is 10.9 Å². The van der Waals surface area contributed by atoms with Crippen molar-refractivity contribution in [1.82, 2.24) is 15.2 Å². The van der Waals surface area contributed by atoms with Gasteiger partial charge >= 0.3 is 6.03 Å². The average Bonchev–Trinajstić information content (AvgIpc) is 2.85. The van der Waals surface area contributed by atoms with Gasteiger partial charge in [0.1, 0.15) is 5.82 Å². The second kappa shape index (κ2) is 7.90. The summed E-state index contributed by atoms with van der Waals surface area (Å²) < 4.78 is 0. The number of benzene rings is 2. The monoisotopic (exact) mass is 468 g/mol. The number of anilines is 1. The zero-order chi connectivity index (χ0) is 24.3. The van der Waals surface area contributed by atoms with E-state index in [1.165, 1.54) is 4.90 Å². The Morgan fingerprint density at radius 1 is 1.00 bits per heavy atom. The average molecular weight is 469 g/mol. The Balaban J connectivity index is 1.47. The second-order valence-corrected chi connectivity index (χ2v) is 10.2. The van der Waals surface area contributed by atoms with Crippen molar-refractivity contribution < 1.29 is 14.4 Å². The normalized spacial score (nSPS) is 23.9. The molecule has 0 radical (unpaired) electrons. The van der Waals surface area contributed by atoms with E-state index in [9.17, 15) is 14.4 Å². The van der Waals surface area contributed by atoms with Crippen LogP contribution in [0.4, 0.5) is 10.6 Å². The molecule has 1 aromatic heterocycles. The standard InChI is InChI=1S/C28H28N4O3/c1-17-6-9-19(10-7-17)16-32-26(34)28(25(33)30-27(32)35)15-21-14-20-13-18(2)8-11-22(20)29-24(21)31-12-4-3-5-23(28)31/h6-11,13-14,23H,3-5,12,15-16H2,1-2H3,(H,30,33,35)/t23-,28-/m1/s1. The van der Waals surface area contributed by atoms with Crippen molar-refractivity contribution in [2.75, 3.05) is 11.4 Å². The number of imide groups is 2. The molecule has 0 aliphatic carbocycles. The molecule has 7 heteroatoms. The van der Waals surface area contributed by atoms with Gasteiger partial charge < -0.3 is 4.90 Å². The molecule has 35 heavy (non-hydrogen) atoms. The van der Waals surface area contributed by atoms with Gasteiger partial charge in [-0.2, -0.15) is 0 Å². The van der Waals surface area contributed by atoms with Crippen LogP contribution in [0.3, 0.4) is 0 Å². The maximum Gasteiger partial charge on any atom is 0.331 e. The fourth-order valence-corrected chi connectivity index (χ4v) is 6.00. The lowest BCUT2D eigenvalue weighted by Gasteiger charge is -2.53. The molecule has 178 valence electrons. The van der Waals surface area contributed by atoms with E-state index in [2.05, 4.69) is 22.3 Å². The number of pyridine rings is 1. The van der Waals surface area contributed by atoms with Gasteiger partial charge in [-0.05, 0) is 62.4 Å². The third kappa shape index (κ3) is 3.32. The highest BCUT2D eigenvalue weighted by atomic mass is 16.2. The summed E-state index contributed by atoms with van der Waals surface area (Å²) in [7, 11) is 0. The summed E-state index contributed by atoms with van der Waals surface area (Å²) in [6.45, 7) is 4.89. The highest BCUT2D eigenvalue weighted by molar-refractivity contribution is 6.20. The first-order chi connectivity index (χ1) is 16.9. The van der Waals surface area contributed by atoms with Crippen LogP contribution >= 0.6 is 0 Å². The Hall–Kier alpha value is -3.74. The van der Waals surface area contributed by atoms with Gasteiger partial charge in [-0.25, -0.2) is 9.78 Å². The SMILES string of the molecule is Cc1ccc(CN2C(=O)NC(=O)[C@]3(Cc4cc5cc(C)ccc5nc4N4CCCC[C@@H]43)C2=O)cc1. The van der Waals surface area contributed by atoms with E-state index < -0.39 is 23.3 Å². The van der Waals surface area contributed by atoms with Crippen molar-refractivity contribution in [1.29, 1.82) is 0 Å². The lowest BCUT2D eigenvalue weighted by molar-refractivity contribution is -0.154. The summed E-state index contributed by atoms with van der Waals surface area (Å²) in [6, 6.07) is 15.0. The van der Waals surface area contributed by atoms with Crippen molar-refractivity contribution in [3.63, 3.8) is 0 Å². The van der Waals surface area contributed by atoms with Crippen LogP contribution in [-0.4, -0.2) is 40.3 Å².